The van der Waals surface area contributed by atoms with Gasteiger partial charge in [0, 0.05) is 23.8 Å². The third-order valence-electron chi connectivity index (χ3n) is 3.38. The monoisotopic (exact) mass is 254 g/mol. The fraction of sp³-hybridized carbons (Fsp3) is 0.125. The fourth-order valence-electron chi connectivity index (χ4n) is 2.31. The van der Waals surface area contributed by atoms with Crippen LogP contribution in [0.5, 0.6) is 0 Å². The molecule has 1 heterocycles. The normalized spacial score (nSPS) is 11.0. The number of aromatic nitrogens is 1. The van der Waals surface area contributed by atoms with Crippen molar-refractivity contribution in [1.82, 2.24) is 4.57 Å². The minimum atomic E-state index is -0.163. The SMILES string of the molecule is Nc1ccc(CCn2ccc3c(F)cccc32)cc1. The van der Waals surface area contributed by atoms with E-state index in [4.69, 9.17) is 5.73 Å². The molecule has 19 heavy (non-hydrogen) atoms. The number of aryl methyl sites for hydroxylation is 2. The number of fused-ring (bicyclic) bond motifs is 1. The predicted octanol–water partition coefficient (Wildman–Crippen LogP) is 3.61. The summed E-state index contributed by atoms with van der Waals surface area (Å²) in [4.78, 5) is 0. The van der Waals surface area contributed by atoms with Gasteiger partial charge in [-0.1, -0.05) is 18.2 Å². The summed E-state index contributed by atoms with van der Waals surface area (Å²) in [5.41, 5.74) is 8.61. The van der Waals surface area contributed by atoms with Gasteiger partial charge in [0.1, 0.15) is 5.82 Å². The molecule has 0 aliphatic heterocycles. The van der Waals surface area contributed by atoms with Crippen molar-refractivity contribution in [3.05, 3.63) is 66.1 Å². The highest BCUT2D eigenvalue weighted by atomic mass is 19.1. The maximum atomic E-state index is 13.6. The summed E-state index contributed by atoms with van der Waals surface area (Å²) in [6.45, 7) is 0.830. The number of nitrogens with zero attached hydrogens (tertiary/aromatic N) is 1. The second-order valence-corrected chi connectivity index (χ2v) is 4.67. The minimum absolute atomic E-state index is 0.163. The van der Waals surface area contributed by atoms with Gasteiger partial charge in [-0.25, -0.2) is 4.39 Å². The molecular weight excluding hydrogens is 239 g/mol. The summed E-state index contributed by atoms with van der Waals surface area (Å²) in [5.74, 6) is -0.163. The van der Waals surface area contributed by atoms with Crippen LogP contribution in [-0.4, -0.2) is 4.57 Å². The average molecular weight is 254 g/mol. The van der Waals surface area contributed by atoms with Crippen LogP contribution < -0.4 is 5.73 Å². The van der Waals surface area contributed by atoms with Crippen molar-refractivity contribution in [2.45, 2.75) is 13.0 Å². The predicted molar refractivity (Wildman–Crippen MR) is 76.5 cm³/mol. The Morgan fingerprint density at radius 2 is 1.79 bits per heavy atom. The van der Waals surface area contributed by atoms with E-state index in [-0.39, 0.29) is 5.82 Å². The summed E-state index contributed by atoms with van der Waals surface area (Å²) in [6.07, 6.45) is 2.84. The van der Waals surface area contributed by atoms with Gasteiger partial charge in [-0.3, -0.25) is 0 Å². The first-order valence-electron chi connectivity index (χ1n) is 6.32. The minimum Gasteiger partial charge on any atom is -0.399 e. The number of halogens is 1. The van der Waals surface area contributed by atoms with E-state index in [2.05, 4.69) is 4.57 Å². The van der Waals surface area contributed by atoms with Gasteiger partial charge < -0.3 is 10.3 Å². The smallest absolute Gasteiger partial charge is 0.132 e. The second-order valence-electron chi connectivity index (χ2n) is 4.67. The van der Waals surface area contributed by atoms with Gasteiger partial charge in [0.05, 0.1) is 5.52 Å². The van der Waals surface area contributed by atoms with E-state index < -0.39 is 0 Å². The molecule has 0 spiro atoms. The van der Waals surface area contributed by atoms with Crippen LogP contribution >= 0.6 is 0 Å². The van der Waals surface area contributed by atoms with Crippen molar-refractivity contribution in [3.63, 3.8) is 0 Å². The molecule has 0 saturated heterocycles. The molecule has 2 aromatic carbocycles. The van der Waals surface area contributed by atoms with Crippen LogP contribution in [-0.2, 0) is 13.0 Å². The Balaban J connectivity index is 1.82. The van der Waals surface area contributed by atoms with Crippen molar-refractivity contribution in [2.24, 2.45) is 0 Å². The van der Waals surface area contributed by atoms with Gasteiger partial charge in [-0.05, 0) is 42.3 Å². The Bertz CT molecular complexity index is 698. The van der Waals surface area contributed by atoms with E-state index in [0.717, 1.165) is 24.2 Å². The van der Waals surface area contributed by atoms with Gasteiger partial charge in [-0.15, -0.1) is 0 Å². The van der Waals surface area contributed by atoms with E-state index in [1.807, 2.05) is 42.6 Å². The molecule has 2 nitrogen and oxygen atoms in total. The van der Waals surface area contributed by atoms with Gasteiger partial charge in [0.2, 0.25) is 0 Å². The molecule has 3 heteroatoms. The number of anilines is 1. The van der Waals surface area contributed by atoms with E-state index in [1.165, 1.54) is 11.6 Å². The Morgan fingerprint density at radius 3 is 2.58 bits per heavy atom. The summed E-state index contributed by atoms with van der Waals surface area (Å²) in [5, 5.41) is 0.680. The van der Waals surface area contributed by atoms with E-state index in [0.29, 0.717) is 5.39 Å². The zero-order valence-electron chi connectivity index (χ0n) is 10.5. The van der Waals surface area contributed by atoms with Crippen molar-refractivity contribution >= 4 is 16.6 Å². The van der Waals surface area contributed by atoms with Crippen LogP contribution in [0, 0.1) is 5.82 Å². The number of benzene rings is 2. The number of nitrogens with two attached hydrogens (primary N) is 1. The molecular formula is C16H15FN2. The van der Waals surface area contributed by atoms with E-state index >= 15 is 0 Å². The molecule has 2 N–H and O–H groups in total. The first-order chi connectivity index (χ1) is 9.24. The number of rotatable bonds is 3. The lowest BCUT2D eigenvalue weighted by Gasteiger charge is -2.06. The van der Waals surface area contributed by atoms with Crippen molar-refractivity contribution < 1.29 is 4.39 Å². The second kappa shape index (κ2) is 4.76. The van der Waals surface area contributed by atoms with Crippen LogP contribution in [0.3, 0.4) is 0 Å². The molecule has 1 aromatic heterocycles. The van der Waals surface area contributed by atoms with Crippen molar-refractivity contribution in [3.8, 4) is 0 Å². The highest BCUT2D eigenvalue weighted by Gasteiger charge is 2.04. The van der Waals surface area contributed by atoms with Crippen LogP contribution in [0.25, 0.3) is 10.9 Å². The van der Waals surface area contributed by atoms with Gasteiger partial charge in [0.15, 0.2) is 0 Å². The molecule has 0 aliphatic rings. The molecule has 0 fully saturated rings. The Morgan fingerprint density at radius 1 is 1.00 bits per heavy atom. The Kier molecular flexibility index (Phi) is 2.95. The molecule has 0 atom stereocenters. The first kappa shape index (κ1) is 11.8. The van der Waals surface area contributed by atoms with Crippen molar-refractivity contribution in [1.29, 1.82) is 0 Å². The van der Waals surface area contributed by atoms with E-state index in [9.17, 15) is 4.39 Å². The maximum absolute atomic E-state index is 13.6. The standard InChI is InChI=1S/C16H15FN2/c17-15-2-1-3-16-14(15)9-11-19(16)10-8-12-4-6-13(18)7-5-12/h1-7,9,11H,8,10,18H2. The number of hydrogen-bond donors (Lipinski definition) is 1. The molecule has 3 aromatic rings. The molecule has 0 bridgehead atoms. The average Bonchev–Trinajstić information content (AvgIpc) is 2.83. The lowest BCUT2D eigenvalue weighted by Crippen LogP contribution is -2.00. The maximum Gasteiger partial charge on any atom is 0.132 e. The van der Waals surface area contributed by atoms with Crippen LogP contribution in [0.4, 0.5) is 10.1 Å². The largest absolute Gasteiger partial charge is 0.399 e. The topological polar surface area (TPSA) is 30.9 Å². The van der Waals surface area contributed by atoms with E-state index in [1.54, 1.807) is 6.07 Å². The highest BCUT2D eigenvalue weighted by Crippen LogP contribution is 2.19. The summed E-state index contributed by atoms with van der Waals surface area (Å²) < 4.78 is 15.7. The number of hydrogen-bond acceptors (Lipinski definition) is 1. The molecule has 0 amide bonds. The molecule has 0 unspecified atom stereocenters. The third-order valence-corrected chi connectivity index (χ3v) is 3.38. The highest BCUT2D eigenvalue weighted by molar-refractivity contribution is 5.80. The lowest BCUT2D eigenvalue weighted by molar-refractivity contribution is 0.639. The summed E-state index contributed by atoms with van der Waals surface area (Å²) in [7, 11) is 0. The molecule has 0 aliphatic carbocycles. The van der Waals surface area contributed by atoms with Crippen molar-refractivity contribution in [2.75, 3.05) is 5.73 Å². The molecule has 0 saturated carbocycles. The van der Waals surface area contributed by atoms with Crippen LogP contribution in [0.2, 0.25) is 0 Å². The molecule has 0 radical (unpaired) electrons. The summed E-state index contributed by atoms with van der Waals surface area (Å²) >= 11 is 0. The zero-order chi connectivity index (χ0) is 13.2. The third kappa shape index (κ3) is 2.32. The Labute approximate surface area is 111 Å². The van der Waals surface area contributed by atoms with Gasteiger partial charge >= 0.3 is 0 Å². The lowest BCUT2D eigenvalue weighted by atomic mass is 10.1. The zero-order valence-corrected chi connectivity index (χ0v) is 10.5. The fourth-order valence-corrected chi connectivity index (χ4v) is 2.31. The van der Waals surface area contributed by atoms with Crippen LogP contribution in [0.1, 0.15) is 5.56 Å². The van der Waals surface area contributed by atoms with Gasteiger partial charge in [0.25, 0.3) is 0 Å². The quantitative estimate of drug-likeness (QED) is 0.711. The molecule has 3 rings (SSSR count). The van der Waals surface area contributed by atoms with Gasteiger partial charge in [-0.2, -0.15) is 0 Å². The Hall–Kier alpha value is -2.29. The first-order valence-corrected chi connectivity index (χ1v) is 6.32. The molecule has 96 valence electrons. The summed E-state index contributed by atoms with van der Waals surface area (Å²) in [6, 6.07) is 14.9. The number of nitrogen functional groups attached to an aromatic ring is 1. The van der Waals surface area contributed by atoms with Crippen LogP contribution in [0.15, 0.2) is 54.7 Å².